The van der Waals surface area contributed by atoms with E-state index in [0.717, 1.165) is 12.8 Å². The minimum absolute atomic E-state index is 0. The predicted molar refractivity (Wildman–Crippen MR) is 98.2 cm³/mol. The predicted octanol–water partition coefficient (Wildman–Crippen LogP) is 1.66. The van der Waals surface area contributed by atoms with Crippen LogP contribution in [-0.4, -0.2) is 30.9 Å². The molecule has 1 aromatic carbocycles. The van der Waals surface area contributed by atoms with E-state index < -0.39 is 6.04 Å². The van der Waals surface area contributed by atoms with Gasteiger partial charge in [0.25, 0.3) is 0 Å². The van der Waals surface area contributed by atoms with E-state index >= 15 is 0 Å². The Kier molecular flexibility index (Phi) is 7.24. The molecule has 0 aliphatic heterocycles. The summed E-state index contributed by atoms with van der Waals surface area (Å²) in [4.78, 5) is 23.7. The molecule has 2 rings (SSSR count). The van der Waals surface area contributed by atoms with Crippen LogP contribution in [0.25, 0.3) is 0 Å². The van der Waals surface area contributed by atoms with Crippen LogP contribution >= 0.6 is 12.4 Å². The fourth-order valence-electron chi connectivity index (χ4n) is 2.78. The zero-order valence-corrected chi connectivity index (χ0v) is 15.4. The average Bonchev–Trinajstić information content (AvgIpc) is 3.31. The lowest BCUT2D eigenvalue weighted by Crippen LogP contribution is -2.47. The maximum atomic E-state index is 12.0. The van der Waals surface area contributed by atoms with Crippen LogP contribution in [0.3, 0.4) is 0 Å². The van der Waals surface area contributed by atoms with Gasteiger partial charge in [0.1, 0.15) is 0 Å². The normalized spacial score (nSPS) is 16.0. The highest BCUT2D eigenvalue weighted by molar-refractivity contribution is 5.87. The van der Waals surface area contributed by atoms with E-state index in [2.05, 4.69) is 29.7 Å². The molecule has 24 heavy (non-hydrogen) atoms. The molecule has 1 aliphatic rings. The summed E-state index contributed by atoms with van der Waals surface area (Å²) in [7, 11) is 0. The van der Waals surface area contributed by atoms with E-state index in [1.54, 1.807) is 0 Å². The third-order valence-electron chi connectivity index (χ3n) is 4.64. The minimum atomic E-state index is -0.579. The fourth-order valence-corrected chi connectivity index (χ4v) is 2.78. The molecular formula is C18H28ClN3O2. The smallest absolute Gasteiger partial charge is 0.239 e. The van der Waals surface area contributed by atoms with Crippen LogP contribution in [0.1, 0.15) is 37.8 Å². The number of hydrogen-bond acceptors (Lipinski definition) is 3. The van der Waals surface area contributed by atoms with Gasteiger partial charge < -0.3 is 16.4 Å². The molecule has 0 bridgehead atoms. The van der Waals surface area contributed by atoms with Crippen molar-refractivity contribution in [1.82, 2.24) is 10.6 Å². The molecular weight excluding hydrogens is 326 g/mol. The van der Waals surface area contributed by atoms with Gasteiger partial charge in [0, 0.05) is 12.0 Å². The van der Waals surface area contributed by atoms with Gasteiger partial charge in [-0.25, -0.2) is 0 Å². The van der Waals surface area contributed by atoms with E-state index in [4.69, 9.17) is 5.73 Å². The van der Waals surface area contributed by atoms with Gasteiger partial charge in [-0.2, -0.15) is 0 Å². The van der Waals surface area contributed by atoms with Crippen molar-refractivity contribution in [1.29, 1.82) is 0 Å². The Morgan fingerprint density at radius 3 is 2.38 bits per heavy atom. The zero-order chi connectivity index (χ0) is 17.0. The van der Waals surface area contributed by atoms with Crippen molar-refractivity contribution in [3.8, 4) is 0 Å². The van der Waals surface area contributed by atoms with Gasteiger partial charge in [-0.15, -0.1) is 12.4 Å². The van der Waals surface area contributed by atoms with Crippen LogP contribution in [0.4, 0.5) is 0 Å². The SMILES string of the molecule is Cc1ccccc1C1(CNC(=O)CNC(=O)[C@@H](N)C(C)C)CC1.Cl. The first kappa shape index (κ1) is 20.5. The molecule has 0 unspecified atom stereocenters. The number of halogens is 1. The number of amides is 2. The summed E-state index contributed by atoms with van der Waals surface area (Å²) in [5.74, 6) is -0.404. The van der Waals surface area contributed by atoms with Crippen LogP contribution in [-0.2, 0) is 15.0 Å². The summed E-state index contributed by atoms with van der Waals surface area (Å²) in [5.41, 5.74) is 8.39. The molecule has 0 aromatic heterocycles. The van der Waals surface area contributed by atoms with Gasteiger partial charge in [-0.1, -0.05) is 38.1 Å². The summed E-state index contributed by atoms with van der Waals surface area (Å²) in [5, 5.41) is 5.54. The third kappa shape index (κ3) is 4.95. The second kappa shape index (κ2) is 8.49. The molecule has 1 aromatic rings. The number of hydrogen-bond donors (Lipinski definition) is 3. The van der Waals surface area contributed by atoms with E-state index in [1.165, 1.54) is 11.1 Å². The van der Waals surface area contributed by atoms with Gasteiger partial charge in [-0.05, 0) is 36.8 Å². The standard InChI is InChI=1S/C18H27N3O2.ClH/c1-12(2)16(19)17(23)20-10-15(22)21-11-18(8-9-18)14-7-5-4-6-13(14)3;/h4-7,12,16H,8-11,19H2,1-3H3,(H,20,23)(H,21,22);1H/t16-;/m0./s1. The molecule has 1 atom stereocenters. The molecule has 0 saturated heterocycles. The lowest BCUT2D eigenvalue weighted by molar-refractivity contribution is -0.127. The Morgan fingerprint density at radius 2 is 1.83 bits per heavy atom. The molecule has 0 radical (unpaired) electrons. The van der Waals surface area contributed by atoms with Crippen LogP contribution in [0.15, 0.2) is 24.3 Å². The first-order chi connectivity index (χ1) is 10.9. The monoisotopic (exact) mass is 353 g/mol. The molecule has 1 fully saturated rings. The lowest BCUT2D eigenvalue weighted by atomic mass is 9.92. The maximum absolute atomic E-state index is 12.0. The average molecular weight is 354 g/mol. The van der Waals surface area contributed by atoms with E-state index in [-0.39, 0.29) is 42.1 Å². The highest BCUT2D eigenvalue weighted by Gasteiger charge is 2.45. The summed E-state index contributed by atoms with van der Waals surface area (Å²) < 4.78 is 0. The number of nitrogens with one attached hydrogen (secondary N) is 2. The number of benzene rings is 1. The summed E-state index contributed by atoms with van der Waals surface area (Å²) in [6.07, 6.45) is 2.17. The number of carbonyl (C=O) groups excluding carboxylic acids is 2. The summed E-state index contributed by atoms with van der Waals surface area (Å²) in [6.45, 7) is 6.45. The molecule has 4 N–H and O–H groups in total. The van der Waals surface area contributed by atoms with E-state index in [0.29, 0.717) is 6.54 Å². The quantitative estimate of drug-likeness (QED) is 0.697. The number of rotatable bonds is 7. The highest BCUT2D eigenvalue weighted by atomic mass is 35.5. The van der Waals surface area contributed by atoms with Crippen molar-refractivity contribution >= 4 is 24.2 Å². The number of aryl methyl sites for hydroxylation is 1. The summed E-state index contributed by atoms with van der Waals surface area (Å²) >= 11 is 0. The minimum Gasteiger partial charge on any atom is -0.354 e. The van der Waals surface area contributed by atoms with E-state index in [1.807, 2.05) is 26.0 Å². The maximum Gasteiger partial charge on any atom is 0.239 e. The van der Waals surface area contributed by atoms with Crippen LogP contribution < -0.4 is 16.4 Å². The van der Waals surface area contributed by atoms with Gasteiger partial charge in [0.15, 0.2) is 0 Å². The molecule has 2 amide bonds. The fraction of sp³-hybridized carbons (Fsp3) is 0.556. The van der Waals surface area contributed by atoms with Crippen molar-refractivity contribution in [2.45, 2.75) is 45.1 Å². The first-order valence-electron chi connectivity index (χ1n) is 8.22. The van der Waals surface area contributed by atoms with Crippen molar-refractivity contribution in [2.75, 3.05) is 13.1 Å². The molecule has 1 aliphatic carbocycles. The van der Waals surface area contributed by atoms with Crippen LogP contribution in [0, 0.1) is 12.8 Å². The largest absolute Gasteiger partial charge is 0.354 e. The third-order valence-corrected chi connectivity index (χ3v) is 4.64. The molecule has 6 heteroatoms. The molecule has 1 saturated carbocycles. The second-order valence-electron chi connectivity index (χ2n) is 6.86. The number of carbonyl (C=O) groups is 2. The topological polar surface area (TPSA) is 84.2 Å². The Labute approximate surface area is 150 Å². The Balaban J connectivity index is 0.00000288. The highest BCUT2D eigenvalue weighted by Crippen LogP contribution is 2.48. The van der Waals surface area contributed by atoms with Gasteiger partial charge in [-0.3, -0.25) is 9.59 Å². The molecule has 134 valence electrons. The van der Waals surface area contributed by atoms with Crippen LogP contribution in [0.5, 0.6) is 0 Å². The molecule has 5 nitrogen and oxygen atoms in total. The van der Waals surface area contributed by atoms with Crippen LogP contribution in [0.2, 0.25) is 0 Å². The Bertz CT molecular complexity index is 585. The Hall–Kier alpha value is -1.59. The first-order valence-corrected chi connectivity index (χ1v) is 8.22. The van der Waals surface area contributed by atoms with Crippen molar-refractivity contribution < 1.29 is 9.59 Å². The van der Waals surface area contributed by atoms with Gasteiger partial charge in [0.2, 0.25) is 11.8 Å². The summed E-state index contributed by atoms with van der Waals surface area (Å²) in [6, 6.07) is 7.73. The van der Waals surface area contributed by atoms with Gasteiger partial charge in [0.05, 0.1) is 12.6 Å². The van der Waals surface area contributed by atoms with Crippen molar-refractivity contribution in [3.05, 3.63) is 35.4 Å². The van der Waals surface area contributed by atoms with Crippen molar-refractivity contribution in [3.63, 3.8) is 0 Å². The zero-order valence-electron chi connectivity index (χ0n) is 14.6. The van der Waals surface area contributed by atoms with E-state index in [9.17, 15) is 9.59 Å². The Morgan fingerprint density at radius 1 is 1.21 bits per heavy atom. The van der Waals surface area contributed by atoms with Crippen molar-refractivity contribution in [2.24, 2.45) is 11.7 Å². The number of nitrogens with two attached hydrogens (primary N) is 1. The van der Waals surface area contributed by atoms with Gasteiger partial charge >= 0.3 is 0 Å². The molecule has 0 spiro atoms. The second-order valence-corrected chi connectivity index (χ2v) is 6.86. The molecule has 0 heterocycles. The lowest BCUT2D eigenvalue weighted by Gasteiger charge is -2.19.